The highest BCUT2D eigenvalue weighted by molar-refractivity contribution is 7.67. The van der Waals surface area contributed by atoms with Crippen LogP contribution in [0.5, 0.6) is 0 Å². The molecule has 3 heteroatoms. The van der Waals surface area contributed by atoms with Gasteiger partial charge in [-0.2, -0.15) is 5.10 Å². The van der Waals surface area contributed by atoms with Gasteiger partial charge in [0.2, 0.25) is 0 Å². The Morgan fingerprint density at radius 1 is 1.00 bits per heavy atom. The quantitative estimate of drug-likeness (QED) is 0.770. The van der Waals surface area contributed by atoms with Crippen LogP contribution < -0.4 is 5.30 Å². The van der Waals surface area contributed by atoms with Gasteiger partial charge in [-0.05, 0) is 22.7 Å². The van der Waals surface area contributed by atoms with E-state index in [2.05, 4.69) is 63.1 Å². The fourth-order valence-electron chi connectivity index (χ4n) is 2.71. The molecule has 0 atom stereocenters. The van der Waals surface area contributed by atoms with E-state index in [1.54, 1.807) is 0 Å². The van der Waals surface area contributed by atoms with Gasteiger partial charge in [-0.25, -0.2) is 0 Å². The fraction of sp³-hybridized carbons (Fsp3) is 0.438. The minimum Gasteiger partial charge on any atom is -0.268 e. The molecule has 0 unspecified atom stereocenters. The Morgan fingerprint density at radius 2 is 1.63 bits per heavy atom. The predicted molar refractivity (Wildman–Crippen MR) is 85.5 cm³/mol. The highest BCUT2D eigenvalue weighted by atomic mass is 31.1. The molecule has 1 aromatic carbocycles. The lowest BCUT2D eigenvalue weighted by Gasteiger charge is -2.28. The van der Waals surface area contributed by atoms with Gasteiger partial charge >= 0.3 is 0 Å². The van der Waals surface area contributed by atoms with E-state index in [1.165, 1.54) is 16.6 Å². The summed E-state index contributed by atoms with van der Waals surface area (Å²) in [7, 11) is 1.86. The third-order valence-corrected chi connectivity index (χ3v) is 6.56. The zero-order valence-electron chi connectivity index (χ0n) is 12.5. The molecule has 0 bridgehead atoms. The summed E-state index contributed by atoms with van der Waals surface area (Å²) in [5, 5.41) is 5.81. The predicted octanol–water partition coefficient (Wildman–Crippen LogP) is 4.01. The largest absolute Gasteiger partial charge is 0.268 e. The highest BCUT2D eigenvalue weighted by Crippen LogP contribution is 2.46. The van der Waals surface area contributed by atoms with E-state index in [0.29, 0.717) is 11.3 Å². The number of benzene rings is 1. The number of nitrogens with zero attached hydrogens (tertiary/aromatic N) is 2. The van der Waals surface area contributed by atoms with Crippen LogP contribution in [0.1, 0.15) is 27.7 Å². The Morgan fingerprint density at radius 3 is 2.16 bits per heavy atom. The molecule has 0 aliphatic rings. The first-order chi connectivity index (χ1) is 9.02. The second kappa shape index (κ2) is 5.88. The van der Waals surface area contributed by atoms with Crippen LogP contribution in [0.25, 0.3) is 11.3 Å². The van der Waals surface area contributed by atoms with Gasteiger partial charge < -0.3 is 0 Å². The Labute approximate surface area is 117 Å². The molecule has 2 aromatic rings. The van der Waals surface area contributed by atoms with Crippen LogP contribution in [0.2, 0.25) is 0 Å². The molecule has 2 nitrogen and oxygen atoms in total. The molecule has 102 valence electrons. The molecule has 0 spiro atoms. The zero-order chi connectivity index (χ0) is 14.0. The van der Waals surface area contributed by atoms with Crippen molar-refractivity contribution in [3.05, 3.63) is 36.5 Å². The van der Waals surface area contributed by atoms with Crippen molar-refractivity contribution >= 4 is 13.2 Å². The SMILES string of the molecule is CC(C)P(c1ccccc1-c1ccnn1C)C(C)C. The number of hydrogen-bond acceptors (Lipinski definition) is 1. The summed E-state index contributed by atoms with van der Waals surface area (Å²) < 4.78 is 1.97. The van der Waals surface area contributed by atoms with Crippen molar-refractivity contribution in [2.75, 3.05) is 0 Å². The molecule has 0 fully saturated rings. The first kappa shape index (κ1) is 14.3. The maximum atomic E-state index is 4.31. The third kappa shape index (κ3) is 2.90. The zero-order valence-corrected chi connectivity index (χ0v) is 13.4. The molecule has 0 aliphatic carbocycles. The molecular weight excluding hydrogens is 251 g/mol. The number of hydrogen-bond donors (Lipinski definition) is 0. The van der Waals surface area contributed by atoms with Gasteiger partial charge in [0.05, 0.1) is 5.69 Å². The molecule has 1 heterocycles. The minimum absolute atomic E-state index is 0.153. The van der Waals surface area contributed by atoms with Gasteiger partial charge in [0.1, 0.15) is 0 Å². The first-order valence-corrected chi connectivity index (χ1v) is 8.36. The normalized spacial score (nSPS) is 11.8. The topological polar surface area (TPSA) is 17.8 Å². The average Bonchev–Trinajstić information content (AvgIpc) is 2.75. The second-order valence-electron chi connectivity index (χ2n) is 5.45. The lowest BCUT2D eigenvalue weighted by atomic mass is 10.1. The molecule has 1 aromatic heterocycles. The standard InChI is InChI=1S/C16H23N2P/c1-12(2)19(13(3)4)16-9-7-6-8-14(16)15-10-11-17-18(15)5/h6-13H,1-5H3. The van der Waals surface area contributed by atoms with Crippen LogP contribution in [-0.4, -0.2) is 21.1 Å². The van der Waals surface area contributed by atoms with Crippen LogP contribution in [0, 0.1) is 0 Å². The summed E-state index contributed by atoms with van der Waals surface area (Å²) in [6, 6.07) is 10.9. The summed E-state index contributed by atoms with van der Waals surface area (Å²) in [6.45, 7) is 9.36. The Balaban J connectivity index is 2.56. The first-order valence-electron chi connectivity index (χ1n) is 6.88. The van der Waals surface area contributed by atoms with Gasteiger partial charge in [0.15, 0.2) is 0 Å². The van der Waals surface area contributed by atoms with E-state index in [-0.39, 0.29) is 7.92 Å². The minimum atomic E-state index is -0.153. The van der Waals surface area contributed by atoms with Crippen LogP contribution in [0.3, 0.4) is 0 Å². The summed E-state index contributed by atoms with van der Waals surface area (Å²) in [5.74, 6) is 0. The molecule has 19 heavy (non-hydrogen) atoms. The Kier molecular flexibility index (Phi) is 4.42. The summed E-state index contributed by atoms with van der Waals surface area (Å²) in [4.78, 5) is 0. The lowest BCUT2D eigenvalue weighted by Crippen LogP contribution is -2.17. The number of rotatable bonds is 4. The molecule has 0 radical (unpaired) electrons. The van der Waals surface area contributed by atoms with E-state index < -0.39 is 0 Å². The fourth-order valence-corrected chi connectivity index (χ4v) is 5.74. The van der Waals surface area contributed by atoms with Crippen LogP contribution in [-0.2, 0) is 7.05 Å². The van der Waals surface area contributed by atoms with Gasteiger partial charge in [-0.1, -0.05) is 59.9 Å². The van der Waals surface area contributed by atoms with Crippen molar-refractivity contribution in [3.8, 4) is 11.3 Å². The summed E-state index contributed by atoms with van der Waals surface area (Å²) in [5.41, 5.74) is 3.95. The van der Waals surface area contributed by atoms with Crippen molar-refractivity contribution in [3.63, 3.8) is 0 Å². The lowest BCUT2D eigenvalue weighted by molar-refractivity contribution is 0.776. The van der Waals surface area contributed by atoms with Gasteiger partial charge in [-0.15, -0.1) is 0 Å². The molecule has 0 amide bonds. The van der Waals surface area contributed by atoms with Crippen LogP contribution >= 0.6 is 7.92 Å². The van der Waals surface area contributed by atoms with E-state index in [1.807, 2.05) is 17.9 Å². The smallest absolute Gasteiger partial charge is 0.0685 e. The van der Waals surface area contributed by atoms with Crippen LogP contribution in [0.4, 0.5) is 0 Å². The number of aryl methyl sites for hydroxylation is 1. The molecule has 0 saturated heterocycles. The Bertz CT molecular complexity index is 535. The maximum Gasteiger partial charge on any atom is 0.0685 e. The van der Waals surface area contributed by atoms with Gasteiger partial charge in [0.25, 0.3) is 0 Å². The molecule has 0 N–H and O–H groups in total. The van der Waals surface area contributed by atoms with E-state index >= 15 is 0 Å². The second-order valence-corrected chi connectivity index (χ2v) is 8.81. The van der Waals surface area contributed by atoms with Crippen molar-refractivity contribution in [2.45, 2.75) is 39.0 Å². The van der Waals surface area contributed by atoms with Gasteiger partial charge in [0, 0.05) is 18.8 Å². The van der Waals surface area contributed by atoms with Crippen molar-refractivity contribution < 1.29 is 0 Å². The van der Waals surface area contributed by atoms with E-state index in [0.717, 1.165) is 0 Å². The van der Waals surface area contributed by atoms with Crippen LogP contribution in [0.15, 0.2) is 36.5 Å². The summed E-state index contributed by atoms with van der Waals surface area (Å²) >= 11 is 0. The molecule has 0 saturated carbocycles. The molecule has 2 rings (SSSR count). The van der Waals surface area contributed by atoms with E-state index in [9.17, 15) is 0 Å². The summed E-state index contributed by atoms with van der Waals surface area (Å²) in [6.07, 6.45) is 1.87. The molecular formula is C16H23N2P. The highest BCUT2D eigenvalue weighted by Gasteiger charge is 2.22. The van der Waals surface area contributed by atoms with Crippen molar-refractivity contribution in [1.29, 1.82) is 0 Å². The van der Waals surface area contributed by atoms with Crippen molar-refractivity contribution in [1.82, 2.24) is 9.78 Å². The maximum absolute atomic E-state index is 4.31. The number of aromatic nitrogens is 2. The Hall–Kier alpha value is -1.14. The van der Waals surface area contributed by atoms with E-state index in [4.69, 9.17) is 0 Å². The van der Waals surface area contributed by atoms with Crippen molar-refractivity contribution in [2.24, 2.45) is 7.05 Å². The third-order valence-electron chi connectivity index (χ3n) is 3.39. The monoisotopic (exact) mass is 274 g/mol. The van der Waals surface area contributed by atoms with Gasteiger partial charge in [-0.3, -0.25) is 4.68 Å². The molecule has 0 aliphatic heterocycles. The average molecular weight is 274 g/mol.